The van der Waals surface area contributed by atoms with E-state index in [9.17, 15) is 10.2 Å². The summed E-state index contributed by atoms with van der Waals surface area (Å²) in [6.07, 6.45) is 5.83. The third-order valence-corrected chi connectivity index (χ3v) is 8.18. The fourth-order valence-electron chi connectivity index (χ4n) is 6.38. The van der Waals surface area contributed by atoms with Gasteiger partial charge in [-0.15, -0.1) is 0 Å². The molecule has 4 aliphatic heterocycles. The molecule has 4 fully saturated rings. The molecule has 4 nitrogen and oxygen atoms in total. The van der Waals surface area contributed by atoms with Gasteiger partial charge >= 0.3 is 0 Å². The van der Waals surface area contributed by atoms with Crippen LogP contribution in [-0.4, -0.2) is 64.1 Å². The molecule has 0 aromatic heterocycles. The third-order valence-electron chi connectivity index (χ3n) is 8.18. The number of hydrogen-bond acceptors (Lipinski definition) is 4. The molecule has 2 N–H and O–H groups in total. The molecule has 0 aromatic rings. The SMILES string of the molecule is CC1C(O)C(C)C2CCC1N2C.CC1CC(C)[C@@]2(O)CC[C@@H]1N2C. The number of fused-ring (bicyclic) bond motifs is 4. The molecule has 0 radical (unpaired) electrons. The van der Waals surface area contributed by atoms with Gasteiger partial charge in [-0.1, -0.05) is 27.7 Å². The Morgan fingerprint density at radius 2 is 1.42 bits per heavy atom. The lowest BCUT2D eigenvalue weighted by molar-refractivity contribution is -0.152. The standard InChI is InChI=1S/2C10H19NO/c1-7-6-8(2)10(12)5-4-9(7)11(10)3;1-6-8-4-5-9(11(8)3)7(2)10(6)12/h7-9,12H,4-6H2,1-3H3;6-10,12H,4-5H2,1-3H3/t7?,8?,9-,10-;/m0./s1. The monoisotopic (exact) mass is 338 g/mol. The first-order valence-corrected chi connectivity index (χ1v) is 10.0. The zero-order chi connectivity index (χ0) is 17.8. The van der Waals surface area contributed by atoms with Crippen molar-refractivity contribution >= 4 is 0 Å². The summed E-state index contributed by atoms with van der Waals surface area (Å²) in [5.74, 6) is 2.12. The van der Waals surface area contributed by atoms with Gasteiger partial charge in [-0.05, 0) is 69.9 Å². The largest absolute Gasteiger partial charge is 0.392 e. The first-order chi connectivity index (χ1) is 11.2. The molecule has 24 heavy (non-hydrogen) atoms. The highest BCUT2D eigenvalue weighted by atomic mass is 16.3. The van der Waals surface area contributed by atoms with Crippen LogP contribution in [-0.2, 0) is 0 Å². The highest BCUT2D eigenvalue weighted by molar-refractivity contribution is 5.01. The summed E-state index contributed by atoms with van der Waals surface area (Å²) in [5, 5.41) is 20.2. The van der Waals surface area contributed by atoms with Crippen LogP contribution in [0.15, 0.2) is 0 Å². The summed E-state index contributed by atoms with van der Waals surface area (Å²) in [7, 11) is 4.28. The van der Waals surface area contributed by atoms with Gasteiger partial charge in [0.1, 0.15) is 5.72 Å². The van der Waals surface area contributed by atoms with E-state index in [4.69, 9.17) is 0 Å². The first kappa shape index (κ1) is 18.6. The smallest absolute Gasteiger partial charge is 0.121 e. The van der Waals surface area contributed by atoms with Crippen molar-refractivity contribution in [2.45, 2.75) is 89.8 Å². The summed E-state index contributed by atoms with van der Waals surface area (Å²) in [4.78, 5) is 4.67. The van der Waals surface area contributed by atoms with Crippen LogP contribution in [0.25, 0.3) is 0 Å². The van der Waals surface area contributed by atoms with Crippen LogP contribution in [0.4, 0.5) is 0 Å². The van der Waals surface area contributed by atoms with Crippen LogP contribution >= 0.6 is 0 Å². The van der Waals surface area contributed by atoms with Gasteiger partial charge in [-0.25, -0.2) is 0 Å². The molecule has 4 heterocycles. The van der Waals surface area contributed by atoms with Crippen molar-refractivity contribution in [1.29, 1.82) is 0 Å². The summed E-state index contributed by atoms with van der Waals surface area (Å²) in [5.41, 5.74) is -0.475. The second-order valence-electron chi connectivity index (χ2n) is 9.30. The summed E-state index contributed by atoms with van der Waals surface area (Å²) < 4.78 is 0. The average Bonchev–Trinajstić information content (AvgIpc) is 2.99. The third kappa shape index (κ3) is 2.74. The van der Waals surface area contributed by atoms with E-state index < -0.39 is 5.72 Å². The van der Waals surface area contributed by atoms with Crippen LogP contribution in [0.3, 0.4) is 0 Å². The minimum Gasteiger partial charge on any atom is -0.392 e. The molecule has 6 unspecified atom stereocenters. The van der Waals surface area contributed by atoms with Crippen LogP contribution in [0.1, 0.15) is 59.8 Å². The molecule has 4 bridgehead atoms. The second kappa shape index (κ2) is 6.53. The fourth-order valence-corrected chi connectivity index (χ4v) is 6.38. The van der Waals surface area contributed by atoms with Crippen molar-refractivity contribution in [3.05, 3.63) is 0 Å². The number of nitrogens with zero attached hydrogens (tertiary/aromatic N) is 2. The Morgan fingerprint density at radius 1 is 0.875 bits per heavy atom. The maximum absolute atomic E-state index is 10.3. The van der Waals surface area contributed by atoms with Crippen LogP contribution in [0.2, 0.25) is 0 Å². The van der Waals surface area contributed by atoms with Crippen molar-refractivity contribution in [2.75, 3.05) is 14.1 Å². The number of aliphatic hydroxyl groups is 2. The van der Waals surface area contributed by atoms with Crippen LogP contribution < -0.4 is 0 Å². The molecular weight excluding hydrogens is 300 g/mol. The fraction of sp³-hybridized carbons (Fsp3) is 1.00. The lowest BCUT2D eigenvalue weighted by Crippen LogP contribution is -2.55. The van der Waals surface area contributed by atoms with E-state index in [0.717, 1.165) is 12.3 Å². The molecule has 4 rings (SSSR count). The van der Waals surface area contributed by atoms with Crippen LogP contribution in [0, 0.1) is 23.7 Å². The summed E-state index contributed by atoms with van der Waals surface area (Å²) in [6, 6.07) is 1.91. The number of piperidine rings is 2. The topological polar surface area (TPSA) is 46.9 Å². The zero-order valence-electron chi connectivity index (χ0n) is 16.4. The quantitative estimate of drug-likeness (QED) is 0.712. The van der Waals surface area contributed by atoms with Crippen molar-refractivity contribution in [3.63, 3.8) is 0 Å². The molecule has 0 amide bonds. The van der Waals surface area contributed by atoms with E-state index in [2.05, 4.69) is 51.6 Å². The molecule has 0 spiro atoms. The number of hydrogen-bond donors (Lipinski definition) is 2. The van der Waals surface area contributed by atoms with Gasteiger partial charge in [0.05, 0.1) is 6.10 Å². The first-order valence-electron chi connectivity index (χ1n) is 10.0. The lowest BCUT2D eigenvalue weighted by Gasteiger charge is -2.46. The van der Waals surface area contributed by atoms with Gasteiger partial charge in [-0.2, -0.15) is 0 Å². The molecule has 4 aliphatic rings. The Hall–Kier alpha value is -0.160. The summed E-state index contributed by atoms with van der Waals surface area (Å²) >= 11 is 0. The van der Waals surface area contributed by atoms with Gasteiger partial charge in [0.2, 0.25) is 0 Å². The minimum absolute atomic E-state index is 0.0706. The Labute approximate surface area is 148 Å². The van der Waals surface area contributed by atoms with E-state index in [1.165, 1.54) is 25.7 Å². The molecule has 8 atom stereocenters. The Morgan fingerprint density at radius 3 is 1.96 bits per heavy atom. The van der Waals surface area contributed by atoms with E-state index >= 15 is 0 Å². The predicted octanol–water partition coefficient (Wildman–Crippen LogP) is 2.54. The van der Waals surface area contributed by atoms with Crippen molar-refractivity contribution in [2.24, 2.45) is 23.7 Å². The Bertz CT molecular complexity index is 441. The number of rotatable bonds is 0. The number of aliphatic hydroxyl groups excluding tert-OH is 1. The Kier molecular flexibility index (Phi) is 5.07. The van der Waals surface area contributed by atoms with Gasteiger partial charge in [0.15, 0.2) is 0 Å². The maximum Gasteiger partial charge on any atom is 0.121 e. The zero-order valence-corrected chi connectivity index (χ0v) is 16.4. The molecule has 140 valence electrons. The highest BCUT2D eigenvalue weighted by Crippen LogP contribution is 2.47. The van der Waals surface area contributed by atoms with E-state index in [1.54, 1.807) is 0 Å². The van der Waals surface area contributed by atoms with E-state index in [1.807, 2.05) is 0 Å². The van der Waals surface area contributed by atoms with Gasteiger partial charge in [0, 0.05) is 18.1 Å². The maximum atomic E-state index is 10.3. The molecular formula is C20H38N2O2. The molecule has 4 saturated heterocycles. The molecule has 0 aliphatic carbocycles. The van der Waals surface area contributed by atoms with Crippen molar-refractivity contribution in [1.82, 2.24) is 9.80 Å². The van der Waals surface area contributed by atoms with Crippen molar-refractivity contribution < 1.29 is 10.2 Å². The Balaban J connectivity index is 0.000000141. The molecule has 0 aromatic carbocycles. The van der Waals surface area contributed by atoms with Gasteiger partial charge in [0.25, 0.3) is 0 Å². The normalized spacial score (nSPS) is 54.5. The predicted molar refractivity (Wildman–Crippen MR) is 97.6 cm³/mol. The second-order valence-corrected chi connectivity index (χ2v) is 9.30. The molecule has 4 heteroatoms. The lowest BCUT2D eigenvalue weighted by atomic mass is 9.82. The van der Waals surface area contributed by atoms with Crippen LogP contribution in [0.5, 0.6) is 0 Å². The van der Waals surface area contributed by atoms with Gasteiger partial charge in [-0.3, -0.25) is 9.80 Å². The van der Waals surface area contributed by atoms with Crippen molar-refractivity contribution in [3.8, 4) is 0 Å². The highest BCUT2D eigenvalue weighted by Gasteiger charge is 2.52. The van der Waals surface area contributed by atoms with E-state index in [0.29, 0.717) is 35.9 Å². The average molecular weight is 339 g/mol. The summed E-state index contributed by atoms with van der Waals surface area (Å²) in [6.45, 7) is 8.85. The minimum atomic E-state index is -0.475. The molecule has 0 saturated carbocycles. The van der Waals surface area contributed by atoms with Gasteiger partial charge < -0.3 is 10.2 Å². The van der Waals surface area contributed by atoms with E-state index in [-0.39, 0.29) is 6.10 Å².